The number of amides is 1. The Bertz CT molecular complexity index is 376. The predicted octanol–water partition coefficient (Wildman–Crippen LogP) is -0.0746. The fourth-order valence-electron chi connectivity index (χ4n) is 2.12. The second kappa shape index (κ2) is 5.35. The monoisotopic (exact) mass is 262 g/mol. The van der Waals surface area contributed by atoms with Gasteiger partial charge in [-0.05, 0) is 24.8 Å². The van der Waals surface area contributed by atoms with Gasteiger partial charge in [-0.15, -0.1) is 0 Å². The molecule has 1 amide bonds. The maximum Gasteiger partial charge on any atom is 0.235 e. The normalized spacial score (nSPS) is 24.3. The average Bonchev–Trinajstić information content (AvgIpc) is 2.12. The van der Waals surface area contributed by atoms with Crippen molar-refractivity contribution in [3.05, 3.63) is 0 Å². The van der Waals surface area contributed by atoms with Crippen molar-refractivity contribution >= 4 is 15.7 Å². The molecule has 2 N–H and O–H groups in total. The molecule has 1 rings (SSSR count). The van der Waals surface area contributed by atoms with E-state index in [2.05, 4.69) is 24.5 Å². The van der Waals surface area contributed by atoms with Gasteiger partial charge >= 0.3 is 0 Å². The van der Waals surface area contributed by atoms with Gasteiger partial charge < -0.3 is 10.6 Å². The van der Waals surface area contributed by atoms with E-state index in [1.54, 1.807) is 0 Å². The number of hydrogen-bond acceptors (Lipinski definition) is 4. The van der Waals surface area contributed by atoms with Crippen LogP contribution in [-0.2, 0) is 14.6 Å². The summed E-state index contributed by atoms with van der Waals surface area (Å²) in [7, 11) is -3.24. The van der Waals surface area contributed by atoms with Gasteiger partial charge in [0.25, 0.3) is 0 Å². The molecule has 0 aliphatic carbocycles. The second-order valence-corrected chi connectivity index (χ2v) is 7.61. The summed E-state index contributed by atoms with van der Waals surface area (Å²) in [6.07, 6.45) is 3.32. The molecule has 17 heavy (non-hydrogen) atoms. The minimum atomic E-state index is -3.24. The van der Waals surface area contributed by atoms with E-state index in [4.69, 9.17) is 0 Å². The SMILES string of the molecule is CC1(C)CCCNC1CNC(=O)CS(C)(=O)=O. The van der Waals surface area contributed by atoms with E-state index in [9.17, 15) is 13.2 Å². The van der Waals surface area contributed by atoms with Gasteiger partial charge in [0.1, 0.15) is 5.75 Å². The number of hydrogen-bond donors (Lipinski definition) is 2. The first-order valence-corrected chi connectivity index (χ1v) is 7.94. The van der Waals surface area contributed by atoms with Crippen LogP contribution in [0.2, 0.25) is 0 Å². The zero-order valence-electron chi connectivity index (χ0n) is 10.7. The summed E-state index contributed by atoms with van der Waals surface area (Å²) in [5, 5.41) is 6.05. The molecule has 0 spiro atoms. The zero-order valence-corrected chi connectivity index (χ0v) is 11.6. The molecule has 0 aromatic rings. The van der Waals surface area contributed by atoms with Crippen molar-refractivity contribution < 1.29 is 13.2 Å². The lowest BCUT2D eigenvalue weighted by Gasteiger charge is -2.39. The highest BCUT2D eigenvalue weighted by Crippen LogP contribution is 2.29. The highest BCUT2D eigenvalue weighted by atomic mass is 32.2. The largest absolute Gasteiger partial charge is 0.354 e. The number of rotatable bonds is 4. The van der Waals surface area contributed by atoms with Gasteiger partial charge in [-0.3, -0.25) is 4.79 Å². The van der Waals surface area contributed by atoms with Crippen LogP contribution in [0, 0.1) is 5.41 Å². The summed E-state index contributed by atoms with van der Waals surface area (Å²) in [6.45, 7) is 5.76. The fraction of sp³-hybridized carbons (Fsp3) is 0.909. The van der Waals surface area contributed by atoms with E-state index in [1.807, 2.05) is 0 Å². The molecule has 0 aromatic heterocycles. The van der Waals surface area contributed by atoms with Crippen molar-refractivity contribution in [1.29, 1.82) is 0 Å². The maximum atomic E-state index is 11.4. The standard InChI is InChI=1S/C11H22N2O3S/c1-11(2)5-4-6-12-9(11)7-13-10(14)8-17(3,15)16/h9,12H,4-8H2,1-3H3,(H,13,14). The number of piperidine rings is 1. The van der Waals surface area contributed by atoms with Crippen molar-refractivity contribution in [3.8, 4) is 0 Å². The van der Waals surface area contributed by atoms with Crippen LogP contribution in [0.4, 0.5) is 0 Å². The quantitative estimate of drug-likeness (QED) is 0.743. The molecule has 6 heteroatoms. The molecule has 0 saturated carbocycles. The van der Waals surface area contributed by atoms with Gasteiger partial charge in [0.05, 0.1) is 0 Å². The number of sulfone groups is 1. The smallest absolute Gasteiger partial charge is 0.235 e. The number of nitrogens with one attached hydrogen (secondary N) is 2. The van der Waals surface area contributed by atoms with Crippen LogP contribution in [0.3, 0.4) is 0 Å². The second-order valence-electron chi connectivity index (χ2n) is 5.47. The van der Waals surface area contributed by atoms with Gasteiger partial charge in [-0.25, -0.2) is 8.42 Å². The Morgan fingerprint density at radius 1 is 1.47 bits per heavy atom. The lowest BCUT2D eigenvalue weighted by Crippen LogP contribution is -2.53. The van der Waals surface area contributed by atoms with Crippen LogP contribution < -0.4 is 10.6 Å². The van der Waals surface area contributed by atoms with Crippen molar-refractivity contribution in [2.24, 2.45) is 5.41 Å². The lowest BCUT2D eigenvalue weighted by molar-refractivity contribution is -0.118. The molecular formula is C11H22N2O3S. The fourth-order valence-corrected chi connectivity index (χ4v) is 2.70. The molecule has 1 fully saturated rings. The topological polar surface area (TPSA) is 75.3 Å². The lowest BCUT2D eigenvalue weighted by atomic mass is 9.77. The first-order chi connectivity index (χ1) is 7.71. The Hall–Kier alpha value is -0.620. The zero-order chi connectivity index (χ0) is 13.1. The molecule has 1 heterocycles. The van der Waals surface area contributed by atoms with Gasteiger partial charge in [-0.2, -0.15) is 0 Å². The predicted molar refractivity (Wildman–Crippen MR) is 67.5 cm³/mol. The van der Waals surface area contributed by atoms with Gasteiger partial charge in [0.2, 0.25) is 5.91 Å². The third kappa shape index (κ3) is 5.04. The van der Waals surface area contributed by atoms with Crippen molar-refractivity contribution in [1.82, 2.24) is 10.6 Å². The van der Waals surface area contributed by atoms with Gasteiger partial charge in [0.15, 0.2) is 9.84 Å². The number of carbonyl (C=O) groups is 1. The van der Waals surface area contributed by atoms with E-state index >= 15 is 0 Å². The Morgan fingerprint density at radius 2 is 2.12 bits per heavy atom. The summed E-state index contributed by atoms with van der Waals surface area (Å²) < 4.78 is 21.9. The molecule has 1 aliphatic heterocycles. The van der Waals surface area contributed by atoms with E-state index < -0.39 is 21.5 Å². The van der Waals surface area contributed by atoms with Crippen molar-refractivity contribution in [2.75, 3.05) is 25.1 Å². The third-order valence-corrected chi connectivity index (χ3v) is 4.02. The Balaban J connectivity index is 2.42. The molecular weight excluding hydrogens is 240 g/mol. The Kier molecular flexibility index (Phi) is 4.55. The van der Waals surface area contributed by atoms with E-state index in [-0.39, 0.29) is 11.5 Å². The van der Waals surface area contributed by atoms with E-state index in [0.29, 0.717) is 6.54 Å². The molecule has 1 saturated heterocycles. The minimum Gasteiger partial charge on any atom is -0.354 e. The van der Waals surface area contributed by atoms with E-state index in [1.165, 1.54) is 0 Å². The highest BCUT2D eigenvalue weighted by Gasteiger charge is 2.32. The van der Waals surface area contributed by atoms with Gasteiger partial charge in [-0.1, -0.05) is 13.8 Å². The van der Waals surface area contributed by atoms with Crippen LogP contribution in [-0.4, -0.2) is 45.5 Å². The molecule has 1 unspecified atom stereocenters. The molecule has 0 bridgehead atoms. The first kappa shape index (κ1) is 14.4. The van der Waals surface area contributed by atoms with Crippen LogP contribution in [0.25, 0.3) is 0 Å². The molecule has 5 nitrogen and oxygen atoms in total. The van der Waals surface area contributed by atoms with Crippen LogP contribution in [0.5, 0.6) is 0 Å². The highest BCUT2D eigenvalue weighted by molar-refractivity contribution is 7.91. The molecule has 100 valence electrons. The molecule has 0 aromatic carbocycles. The summed E-state index contributed by atoms with van der Waals surface area (Å²) in [4.78, 5) is 11.4. The summed E-state index contributed by atoms with van der Waals surface area (Å²) >= 11 is 0. The van der Waals surface area contributed by atoms with E-state index in [0.717, 1.165) is 25.6 Å². The number of carbonyl (C=O) groups excluding carboxylic acids is 1. The van der Waals surface area contributed by atoms with Gasteiger partial charge in [0, 0.05) is 18.8 Å². The maximum absolute atomic E-state index is 11.4. The van der Waals surface area contributed by atoms with Crippen LogP contribution >= 0.6 is 0 Å². The summed E-state index contributed by atoms with van der Waals surface area (Å²) in [5.74, 6) is -0.851. The Morgan fingerprint density at radius 3 is 2.65 bits per heavy atom. The minimum absolute atomic E-state index is 0.136. The third-order valence-electron chi connectivity index (χ3n) is 3.23. The summed E-state index contributed by atoms with van der Waals surface area (Å²) in [6, 6.07) is 0.208. The first-order valence-electron chi connectivity index (χ1n) is 5.88. The average molecular weight is 262 g/mol. The van der Waals surface area contributed by atoms with Crippen LogP contribution in [0.15, 0.2) is 0 Å². The molecule has 1 atom stereocenters. The van der Waals surface area contributed by atoms with Crippen molar-refractivity contribution in [3.63, 3.8) is 0 Å². The molecule has 1 aliphatic rings. The van der Waals surface area contributed by atoms with Crippen LogP contribution in [0.1, 0.15) is 26.7 Å². The summed E-state index contributed by atoms with van der Waals surface area (Å²) in [5.41, 5.74) is 0.136. The Labute approximate surface area is 103 Å². The molecule has 0 radical (unpaired) electrons. The van der Waals surface area contributed by atoms with Crippen molar-refractivity contribution in [2.45, 2.75) is 32.7 Å².